The van der Waals surface area contributed by atoms with Crippen LogP contribution in [0.4, 0.5) is 10.5 Å². The lowest BCUT2D eigenvalue weighted by Crippen LogP contribution is -2.40. The molecule has 2 N–H and O–H groups in total. The molecular weight excluding hydrogens is 366 g/mol. The number of nitrogens with zero attached hydrogens (tertiary/aromatic N) is 1. The summed E-state index contributed by atoms with van der Waals surface area (Å²) in [6.07, 6.45) is 2.41. The van der Waals surface area contributed by atoms with E-state index in [9.17, 15) is 13.2 Å². The molecule has 0 radical (unpaired) electrons. The maximum Gasteiger partial charge on any atom is 0.323 e. The number of sulfonamides is 1. The van der Waals surface area contributed by atoms with Crippen LogP contribution in [-0.4, -0.2) is 45.1 Å². The number of halogens is 1. The Labute approximate surface area is 153 Å². The van der Waals surface area contributed by atoms with Crippen LogP contribution in [0.2, 0.25) is 5.02 Å². The number of carbonyl (C=O) groups excluding carboxylic acids is 1. The fourth-order valence-corrected chi connectivity index (χ4v) is 3.75. The number of nitrogens with one attached hydrogen (secondary N) is 2. The number of allylic oxidation sites excluding steroid dienone is 1. The second kappa shape index (κ2) is 8.66. The Hall–Kier alpha value is -1.61. The van der Waals surface area contributed by atoms with E-state index in [0.29, 0.717) is 26.3 Å². The van der Waals surface area contributed by atoms with E-state index in [4.69, 9.17) is 16.3 Å². The van der Waals surface area contributed by atoms with E-state index >= 15 is 0 Å². The van der Waals surface area contributed by atoms with Crippen LogP contribution < -0.4 is 10.6 Å². The molecule has 1 aliphatic heterocycles. The van der Waals surface area contributed by atoms with Gasteiger partial charge in [0.25, 0.3) is 0 Å². The van der Waals surface area contributed by atoms with Gasteiger partial charge in [-0.1, -0.05) is 24.1 Å². The molecule has 2 amide bonds. The first-order chi connectivity index (χ1) is 11.8. The van der Waals surface area contributed by atoms with Crippen LogP contribution in [0.15, 0.2) is 34.9 Å². The molecule has 0 aromatic heterocycles. The van der Waals surface area contributed by atoms with Gasteiger partial charge in [0.1, 0.15) is 0 Å². The predicted octanol–water partition coefficient (Wildman–Crippen LogP) is 2.80. The normalized spacial score (nSPS) is 16.5. The first kappa shape index (κ1) is 19.7. The van der Waals surface area contributed by atoms with Crippen LogP contribution in [0.5, 0.6) is 0 Å². The van der Waals surface area contributed by atoms with Crippen LogP contribution in [0.1, 0.15) is 20.3 Å². The Morgan fingerprint density at radius 3 is 2.68 bits per heavy atom. The summed E-state index contributed by atoms with van der Waals surface area (Å²) < 4.78 is 31.9. The summed E-state index contributed by atoms with van der Waals surface area (Å²) in [6, 6.07) is 3.76. The van der Waals surface area contributed by atoms with Crippen molar-refractivity contribution in [2.45, 2.75) is 25.2 Å². The number of rotatable bonds is 5. The highest BCUT2D eigenvalue weighted by Gasteiger charge is 2.27. The molecule has 0 atom stereocenters. The molecule has 1 heterocycles. The van der Waals surface area contributed by atoms with E-state index in [-0.39, 0.29) is 15.6 Å². The zero-order chi connectivity index (χ0) is 18.4. The molecule has 9 heteroatoms. The van der Waals surface area contributed by atoms with Crippen molar-refractivity contribution in [3.63, 3.8) is 0 Å². The summed E-state index contributed by atoms with van der Waals surface area (Å²) in [4.78, 5) is 12.0. The summed E-state index contributed by atoms with van der Waals surface area (Å²) in [5, 5.41) is 5.41. The van der Waals surface area contributed by atoms with E-state index in [2.05, 4.69) is 10.6 Å². The van der Waals surface area contributed by atoms with Crippen molar-refractivity contribution in [3.8, 4) is 0 Å². The maximum absolute atomic E-state index is 12.7. The summed E-state index contributed by atoms with van der Waals surface area (Å²) in [5.41, 5.74) is 1.24. The molecule has 1 fully saturated rings. The Morgan fingerprint density at radius 1 is 1.36 bits per heavy atom. The molecule has 1 saturated heterocycles. The average molecular weight is 388 g/mol. The topological polar surface area (TPSA) is 87.7 Å². The zero-order valence-electron chi connectivity index (χ0n) is 14.2. The molecule has 1 aromatic rings. The van der Waals surface area contributed by atoms with Crippen molar-refractivity contribution in [3.05, 3.63) is 35.0 Å². The number of benzene rings is 1. The van der Waals surface area contributed by atoms with Gasteiger partial charge >= 0.3 is 6.03 Å². The van der Waals surface area contributed by atoms with Crippen molar-refractivity contribution in [1.29, 1.82) is 0 Å². The number of amides is 2. The highest BCUT2D eigenvalue weighted by Crippen LogP contribution is 2.27. The largest absolute Gasteiger partial charge is 0.379 e. The minimum Gasteiger partial charge on any atom is -0.379 e. The van der Waals surface area contributed by atoms with Crippen LogP contribution >= 0.6 is 11.6 Å². The second-order valence-electron chi connectivity index (χ2n) is 5.60. The lowest BCUT2D eigenvalue weighted by Gasteiger charge is -2.26. The fraction of sp³-hybridized carbons (Fsp3) is 0.438. The third-order valence-corrected chi connectivity index (χ3v) is 6.03. The molecule has 0 bridgehead atoms. The monoisotopic (exact) mass is 387 g/mol. The van der Waals surface area contributed by atoms with Gasteiger partial charge in [-0.25, -0.2) is 13.2 Å². The quantitative estimate of drug-likeness (QED) is 0.813. The number of ether oxygens (including phenoxy) is 1. The van der Waals surface area contributed by atoms with Crippen LogP contribution in [-0.2, 0) is 14.8 Å². The van der Waals surface area contributed by atoms with Crippen LogP contribution in [0.3, 0.4) is 0 Å². The minimum atomic E-state index is -3.66. The second-order valence-corrected chi connectivity index (χ2v) is 7.95. The Balaban J connectivity index is 2.18. The van der Waals surface area contributed by atoms with Crippen LogP contribution in [0.25, 0.3) is 0 Å². The number of carbonyl (C=O) groups is 1. The SMILES string of the molecule is CC/C(C)=C/NC(=O)Nc1cc(S(=O)(=O)N2CCOCC2)ccc1Cl. The summed E-state index contributed by atoms with van der Waals surface area (Å²) >= 11 is 6.08. The molecule has 0 unspecified atom stereocenters. The highest BCUT2D eigenvalue weighted by molar-refractivity contribution is 7.89. The molecule has 1 aliphatic rings. The molecule has 0 aliphatic carbocycles. The molecule has 138 valence electrons. The Kier molecular flexibility index (Phi) is 6.83. The van der Waals surface area contributed by atoms with Gasteiger partial charge in [-0.05, 0) is 31.5 Å². The Bertz CT molecular complexity index is 759. The molecular formula is C16H22ClN3O4S. The third-order valence-electron chi connectivity index (χ3n) is 3.80. The average Bonchev–Trinajstić information content (AvgIpc) is 2.62. The van der Waals surface area contributed by atoms with E-state index in [0.717, 1.165) is 12.0 Å². The van der Waals surface area contributed by atoms with Crippen LogP contribution in [0, 0.1) is 0 Å². The first-order valence-corrected chi connectivity index (χ1v) is 9.77. The summed E-state index contributed by atoms with van der Waals surface area (Å²) in [5.74, 6) is 0. The van der Waals surface area contributed by atoms with Gasteiger partial charge in [-0.15, -0.1) is 0 Å². The Morgan fingerprint density at radius 2 is 2.04 bits per heavy atom. The van der Waals surface area contributed by atoms with Gasteiger partial charge in [-0.2, -0.15) is 4.31 Å². The standard InChI is InChI=1S/C16H22ClN3O4S/c1-3-12(2)11-18-16(21)19-15-10-13(4-5-14(15)17)25(22,23)20-6-8-24-9-7-20/h4-5,10-11H,3,6-9H2,1-2H3,(H2,18,19,21)/b12-11+. The van der Waals surface area contributed by atoms with Gasteiger partial charge < -0.3 is 15.4 Å². The zero-order valence-corrected chi connectivity index (χ0v) is 15.8. The molecule has 2 rings (SSSR count). The van der Waals surface area contributed by atoms with Crippen molar-refractivity contribution in [2.75, 3.05) is 31.6 Å². The fourth-order valence-electron chi connectivity index (χ4n) is 2.15. The summed E-state index contributed by atoms with van der Waals surface area (Å²) in [7, 11) is -3.66. The maximum atomic E-state index is 12.7. The lowest BCUT2D eigenvalue weighted by molar-refractivity contribution is 0.0730. The predicted molar refractivity (Wildman–Crippen MR) is 97.2 cm³/mol. The highest BCUT2D eigenvalue weighted by atomic mass is 35.5. The summed E-state index contributed by atoms with van der Waals surface area (Å²) in [6.45, 7) is 5.20. The van der Waals surface area contributed by atoms with Gasteiger partial charge in [0.15, 0.2) is 0 Å². The number of urea groups is 1. The van der Waals surface area contributed by atoms with Gasteiger partial charge in [-0.3, -0.25) is 0 Å². The van der Waals surface area contributed by atoms with E-state index in [1.165, 1.54) is 22.5 Å². The number of morpholine rings is 1. The third kappa shape index (κ3) is 5.18. The van der Waals surface area contributed by atoms with Gasteiger partial charge in [0.05, 0.1) is 28.8 Å². The van der Waals surface area contributed by atoms with E-state index in [1.54, 1.807) is 6.20 Å². The minimum absolute atomic E-state index is 0.0781. The van der Waals surface area contributed by atoms with Crippen molar-refractivity contribution in [1.82, 2.24) is 9.62 Å². The van der Waals surface area contributed by atoms with Crippen molar-refractivity contribution >= 4 is 33.3 Å². The number of anilines is 1. The number of hydrogen-bond donors (Lipinski definition) is 2. The van der Waals surface area contributed by atoms with Crippen molar-refractivity contribution in [2.24, 2.45) is 0 Å². The van der Waals surface area contributed by atoms with Gasteiger partial charge in [0, 0.05) is 19.3 Å². The number of hydrogen-bond acceptors (Lipinski definition) is 4. The molecule has 25 heavy (non-hydrogen) atoms. The van der Waals surface area contributed by atoms with E-state index < -0.39 is 16.1 Å². The van der Waals surface area contributed by atoms with Crippen molar-refractivity contribution < 1.29 is 17.9 Å². The van der Waals surface area contributed by atoms with E-state index in [1.807, 2.05) is 13.8 Å². The molecule has 0 saturated carbocycles. The molecule has 7 nitrogen and oxygen atoms in total. The molecule has 1 aromatic carbocycles. The molecule has 0 spiro atoms. The van der Waals surface area contributed by atoms with Gasteiger partial charge in [0.2, 0.25) is 10.0 Å². The lowest BCUT2D eigenvalue weighted by atomic mass is 10.3. The first-order valence-electron chi connectivity index (χ1n) is 7.95. The smallest absolute Gasteiger partial charge is 0.323 e.